The van der Waals surface area contributed by atoms with Gasteiger partial charge in [0.25, 0.3) is 5.56 Å². The van der Waals surface area contributed by atoms with Crippen LogP contribution in [-0.2, 0) is 0 Å². The van der Waals surface area contributed by atoms with Crippen LogP contribution in [0.5, 0.6) is 17.2 Å². The standard InChI is InChI=1S/C22H21N3O4S/c1-4-11-29-16-8-6-15(7-9-16)20-23-22-25(24-20)21(26)19(30-22)13-14-5-10-17(27-2)18(12-14)28-3/h5-10,12-13H,4,11H2,1-3H3/b19-13-. The Morgan fingerprint density at radius 2 is 1.83 bits per heavy atom. The second kappa shape index (κ2) is 8.54. The Labute approximate surface area is 177 Å². The average molecular weight is 423 g/mol. The maximum atomic E-state index is 12.8. The highest BCUT2D eigenvalue weighted by Gasteiger charge is 2.12. The summed E-state index contributed by atoms with van der Waals surface area (Å²) in [4.78, 5) is 17.9. The van der Waals surface area contributed by atoms with E-state index >= 15 is 0 Å². The van der Waals surface area contributed by atoms with Crippen molar-refractivity contribution in [2.75, 3.05) is 20.8 Å². The van der Waals surface area contributed by atoms with E-state index in [4.69, 9.17) is 14.2 Å². The number of benzene rings is 2. The van der Waals surface area contributed by atoms with Crippen LogP contribution in [0, 0.1) is 0 Å². The van der Waals surface area contributed by atoms with Gasteiger partial charge in [-0.15, -0.1) is 5.10 Å². The summed E-state index contributed by atoms with van der Waals surface area (Å²) in [5.41, 5.74) is 1.46. The van der Waals surface area contributed by atoms with Crippen molar-refractivity contribution in [3.63, 3.8) is 0 Å². The van der Waals surface area contributed by atoms with E-state index in [-0.39, 0.29) is 5.56 Å². The second-order valence-corrected chi connectivity index (χ2v) is 7.54. The first kappa shape index (κ1) is 19.9. The van der Waals surface area contributed by atoms with E-state index in [0.717, 1.165) is 23.3 Å². The molecule has 0 aliphatic heterocycles. The topological polar surface area (TPSA) is 75.0 Å². The van der Waals surface area contributed by atoms with Crippen LogP contribution in [0.1, 0.15) is 18.9 Å². The Kier molecular flexibility index (Phi) is 5.67. The fraction of sp³-hybridized carbons (Fsp3) is 0.227. The molecule has 0 saturated heterocycles. The van der Waals surface area contributed by atoms with Crippen molar-refractivity contribution >= 4 is 22.4 Å². The molecule has 2 aromatic heterocycles. The molecule has 2 heterocycles. The Bertz CT molecular complexity index is 1280. The van der Waals surface area contributed by atoms with Gasteiger partial charge in [-0.2, -0.15) is 9.50 Å². The van der Waals surface area contributed by atoms with E-state index in [9.17, 15) is 4.79 Å². The number of rotatable bonds is 7. The summed E-state index contributed by atoms with van der Waals surface area (Å²) < 4.78 is 18.1. The Morgan fingerprint density at radius 3 is 2.50 bits per heavy atom. The van der Waals surface area contributed by atoms with E-state index in [2.05, 4.69) is 17.0 Å². The molecule has 0 aliphatic rings. The zero-order valence-corrected chi connectivity index (χ0v) is 17.7. The molecular weight excluding hydrogens is 402 g/mol. The number of hydrogen-bond donors (Lipinski definition) is 0. The molecule has 0 radical (unpaired) electrons. The molecule has 4 rings (SSSR count). The van der Waals surface area contributed by atoms with Crippen molar-refractivity contribution in [3.8, 4) is 28.6 Å². The smallest absolute Gasteiger partial charge is 0.291 e. The molecule has 4 aromatic rings. The lowest BCUT2D eigenvalue weighted by Gasteiger charge is -2.07. The highest BCUT2D eigenvalue weighted by molar-refractivity contribution is 7.15. The van der Waals surface area contributed by atoms with E-state index < -0.39 is 0 Å². The molecule has 30 heavy (non-hydrogen) atoms. The number of fused-ring (bicyclic) bond motifs is 1. The molecular formula is C22H21N3O4S. The Morgan fingerprint density at radius 1 is 1.07 bits per heavy atom. The van der Waals surface area contributed by atoms with Crippen LogP contribution in [0.3, 0.4) is 0 Å². The average Bonchev–Trinajstić information content (AvgIpc) is 3.32. The van der Waals surface area contributed by atoms with Gasteiger partial charge in [-0.1, -0.05) is 24.3 Å². The highest BCUT2D eigenvalue weighted by atomic mass is 32.1. The quantitative estimate of drug-likeness (QED) is 0.455. The van der Waals surface area contributed by atoms with Crippen molar-refractivity contribution in [1.29, 1.82) is 0 Å². The minimum atomic E-state index is -0.202. The molecule has 0 spiro atoms. The van der Waals surface area contributed by atoms with E-state index in [1.165, 1.54) is 15.9 Å². The second-order valence-electron chi connectivity index (χ2n) is 6.53. The van der Waals surface area contributed by atoms with Crippen molar-refractivity contribution < 1.29 is 14.2 Å². The first-order valence-electron chi connectivity index (χ1n) is 9.49. The number of aromatic nitrogens is 3. The number of hydrogen-bond acceptors (Lipinski definition) is 7. The largest absolute Gasteiger partial charge is 0.494 e. The molecule has 0 saturated carbocycles. The highest BCUT2D eigenvalue weighted by Crippen LogP contribution is 2.27. The van der Waals surface area contributed by atoms with Gasteiger partial charge in [0.05, 0.1) is 25.4 Å². The molecule has 0 bridgehead atoms. The van der Waals surface area contributed by atoms with Gasteiger partial charge in [-0.05, 0) is 54.5 Å². The molecule has 7 nitrogen and oxygen atoms in total. The molecule has 0 atom stereocenters. The predicted molar refractivity (Wildman–Crippen MR) is 117 cm³/mol. The first-order valence-corrected chi connectivity index (χ1v) is 10.3. The monoisotopic (exact) mass is 423 g/mol. The van der Waals surface area contributed by atoms with Gasteiger partial charge in [0.15, 0.2) is 17.3 Å². The van der Waals surface area contributed by atoms with Gasteiger partial charge >= 0.3 is 0 Å². The third-order valence-corrected chi connectivity index (χ3v) is 5.43. The zero-order chi connectivity index (χ0) is 21.1. The summed E-state index contributed by atoms with van der Waals surface area (Å²) >= 11 is 1.30. The molecule has 0 unspecified atom stereocenters. The maximum absolute atomic E-state index is 12.8. The van der Waals surface area contributed by atoms with Crippen LogP contribution in [0.2, 0.25) is 0 Å². The van der Waals surface area contributed by atoms with Gasteiger partial charge in [-0.3, -0.25) is 4.79 Å². The lowest BCUT2D eigenvalue weighted by Crippen LogP contribution is -2.23. The van der Waals surface area contributed by atoms with Crippen LogP contribution in [0.4, 0.5) is 0 Å². The van der Waals surface area contributed by atoms with E-state index in [1.54, 1.807) is 26.4 Å². The van der Waals surface area contributed by atoms with Crippen molar-refractivity contribution in [2.24, 2.45) is 0 Å². The SMILES string of the molecule is CCCOc1ccc(-c2nc3s/c(=C\c4ccc(OC)c(OC)c4)c(=O)n3n2)cc1. The first-order chi connectivity index (χ1) is 14.6. The van der Waals surface area contributed by atoms with Crippen molar-refractivity contribution in [1.82, 2.24) is 14.6 Å². The third kappa shape index (κ3) is 3.86. The van der Waals surface area contributed by atoms with Gasteiger partial charge in [-0.25, -0.2) is 0 Å². The minimum absolute atomic E-state index is 0.202. The summed E-state index contributed by atoms with van der Waals surface area (Å²) in [5.74, 6) is 2.55. The van der Waals surface area contributed by atoms with E-state index in [0.29, 0.717) is 33.4 Å². The van der Waals surface area contributed by atoms with Crippen LogP contribution in [0.25, 0.3) is 22.4 Å². The molecule has 0 amide bonds. The van der Waals surface area contributed by atoms with Crippen molar-refractivity contribution in [3.05, 3.63) is 62.9 Å². The summed E-state index contributed by atoms with van der Waals surface area (Å²) in [7, 11) is 3.16. The predicted octanol–water partition coefficient (Wildman–Crippen LogP) is 3.17. The molecule has 8 heteroatoms. The molecule has 0 N–H and O–H groups in total. The fourth-order valence-corrected chi connectivity index (χ4v) is 3.88. The van der Waals surface area contributed by atoms with Gasteiger partial charge in [0, 0.05) is 5.56 Å². The molecule has 0 aliphatic carbocycles. The fourth-order valence-electron chi connectivity index (χ4n) is 2.97. The summed E-state index contributed by atoms with van der Waals surface area (Å²) in [6, 6.07) is 13.0. The van der Waals surface area contributed by atoms with Crippen molar-refractivity contribution in [2.45, 2.75) is 13.3 Å². The van der Waals surface area contributed by atoms with Crippen LogP contribution >= 0.6 is 11.3 Å². The summed E-state index contributed by atoms with van der Waals surface area (Å²) in [5, 5.41) is 4.40. The van der Waals surface area contributed by atoms with Gasteiger partial charge in [0.2, 0.25) is 4.96 Å². The van der Waals surface area contributed by atoms with Gasteiger partial charge < -0.3 is 14.2 Å². The number of ether oxygens (including phenoxy) is 3. The number of thiazole rings is 1. The Balaban J connectivity index is 1.66. The third-order valence-electron chi connectivity index (χ3n) is 4.47. The number of methoxy groups -OCH3 is 2. The lowest BCUT2D eigenvalue weighted by atomic mass is 10.2. The molecule has 2 aromatic carbocycles. The van der Waals surface area contributed by atoms with Crippen LogP contribution < -0.4 is 24.3 Å². The minimum Gasteiger partial charge on any atom is -0.494 e. The summed E-state index contributed by atoms with van der Waals surface area (Å²) in [6.45, 7) is 2.74. The normalized spacial score (nSPS) is 11.8. The Hall–Kier alpha value is -3.39. The summed E-state index contributed by atoms with van der Waals surface area (Å²) in [6.07, 6.45) is 2.75. The number of nitrogens with zero attached hydrogens (tertiary/aromatic N) is 3. The van der Waals surface area contributed by atoms with E-state index in [1.807, 2.05) is 36.4 Å². The van der Waals surface area contributed by atoms with Gasteiger partial charge in [0.1, 0.15) is 5.75 Å². The van der Waals surface area contributed by atoms with Crippen LogP contribution in [-0.4, -0.2) is 35.4 Å². The molecule has 0 fully saturated rings. The van der Waals surface area contributed by atoms with Crippen LogP contribution in [0.15, 0.2) is 47.3 Å². The maximum Gasteiger partial charge on any atom is 0.291 e. The molecule has 154 valence electrons. The lowest BCUT2D eigenvalue weighted by molar-refractivity contribution is 0.317. The zero-order valence-electron chi connectivity index (χ0n) is 16.9.